The molecule has 0 heterocycles. The smallest absolute Gasteiger partial charge is 0.315 e. The van der Waals surface area contributed by atoms with E-state index < -0.39 is 5.97 Å². The largest absolute Gasteiger partial charge is 0.496 e. The van der Waals surface area contributed by atoms with Gasteiger partial charge in [0.15, 0.2) is 0 Å². The summed E-state index contributed by atoms with van der Waals surface area (Å²) in [7, 11) is 4.50. The summed E-state index contributed by atoms with van der Waals surface area (Å²) in [6.45, 7) is 3.82. The average Bonchev–Trinajstić information content (AvgIpc) is 2.37. The highest BCUT2D eigenvalue weighted by Crippen LogP contribution is 2.28. The lowest BCUT2D eigenvalue weighted by atomic mass is 10.1. The molecular formula is C14H19NO4. The molecule has 0 unspecified atom stereocenters. The van der Waals surface area contributed by atoms with Gasteiger partial charge in [0.1, 0.15) is 12.2 Å². The van der Waals surface area contributed by atoms with Gasteiger partial charge in [-0.1, -0.05) is 0 Å². The zero-order valence-electron chi connectivity index (χ0n) is 11.9. The number of ether oxygens (including phenoxy) is 2. The van der Waals surface area contributed by atoms with Gasteiger partial charge in [-0.25, -0.2) is 0 Å². The highest BCUT2D eigenvalue weighted by Gasteiger charge is 2.17. The molecule has 0 fully saturated rings. The lowest BCUT2D eigenvalue weighted by Gasteiger charge is -2.19. The minimum Gasteiger partial charge on any atom is -0.496 e. The second kappa shape index (κ2) is 6.22. The molecule has 0 aliphatic rings. The van der Waals surface area contributed by atoms with Crippen molar-refractivity contribution in [3.05, 3.63) is 23.3 Å². The molecule has 0 saturated heterocycles. The zero-order chi connectivity index (χ0) is 14.6. The molecule has 0 radical (unpaired) electrons. The molecular weight excluding hydrogens is 246 g/mol. The van der Waals surface area contributed by atoms with Gasteiger partial charge in [-0.2, -0.15) is 0 Å². The maximum absolute atomic E-state index is 11.9. The maximum Gasteiger partial charge on any atom is 0.315 e. The number of aryl methyl sites for hydroxylation is 2. The number of benzene rings is 1. The van der Waals surface area contributed by atoms with E-state index in [1.54, 1.807) is 14.2 Å². The molecule has 0 aliphatic carbocycles. The van der Waals surface area contributed by atoms with E-state index in [4.69, 9.17) is 4.74 Å². The number of carbonyl (C=O) groups excluding carboxylic acids is 2. The van der Waals surface area contributed by atoms with Crippen LogP contribution in [0.5, 0.6) is 5.75 Å². The van der Waals surface area contributed by atoms with Crippen LogP contribution in [-0.4, -0.2) is 33.1 Å². The first-order valence-electron chi connectivity index (χ1n) is 5.89. The molecule has 0 aliphatic heterocycles. The van der Waals surface area contributed by atoms with E-state index in [0.717, 1.165) is 22.6 Å². The molecule has 0 aromatic heterocycles. The number of methoxy groups -OCH3 is 2. The summed E-state index contributed by atoms with van der Waals surface area (Å²) in [4.78, 5) is 24.4. The van der Waals surface area contributed by atoms with Gasteiger partial charge in [0.05, 0.1) is 14.2 Å². The number of esters is 1. The van der Waals surface area contributed by atoms with Crippen molar-refractivity contribution in [3.63, 3.8) is 0 Å². The summed E-state index contributed by atoms with van der Waals surface area (Å²) >= 11 is 0. The molecule has 19 heavy (non-hydrogen) atoms. The first kappa shape index (κ1) is 15.0. The molecule has 104 valence electrons. The molecule has 5 heteroatoms. The van der Waals surface area contributed by atoms with E-state index in [0.29, 0.717) is 0 Å². The van der Waals surface area contributed by atoms with Gasteiger partial charge in [0, 0.05) is 12.7 Å². The molecule has 1 amide bonds. The number of amides is 1. The Morgan fingerprint density at radius 1 is 1.16 bits per heavy atom. The van der Waals surface area contributed by atoms with Crippen LogP contribution in [0.2, 0.25) is 0 Å². The Kier molecular flexibility index (Phi) is 4.92. The zero-order valence-corrected chi connectivity index (χ0v) is 11.9. The van der Waals surface area contributed by atoms with Crippen LogP contribution in [0.4, 0.5) is 5.69 Å². The second-order valence-corrected chi connectivity index (χ2v) is 4.32. The quantitative estimate of drug-likeness (QED) is 0.615. The molecule has 0 spiro atoms. The third-order valence-corrected chi connectivity index (χ3v) is 2.93. The molecule has 0 bridgehead atoms. The monoisotopic (exact) mass is 265 g/mol. The summed E-state index contributed by atoms with van der Waals surface area (Å²) in [5.74, 6) is -0.0489. The first-order valence-corrected chi connectivity index (χ1v) is 5.89. The average molecular weight is 265 g/mol. The van der Waals surface area contributed by atoms with Crippen LogP contribution in [-0.2, 0) is 14.3 Å². The molecule has 0 saturated carbocycles. The highest BCUT2D eigenvalue weighted by atomic mass is 16.5. The number of anilines is 1. The predicted octanol–water partition coefficient (Wildman–Crippen LogP) is 1.84. The summed E-state index contributed by atoms with van der Waals surface area (Å²) in [6, 6.07) is 3.70. The topological polar surface area (TPSA) is 55.8 Å². The van der Waals surface area contributed by atoms with Crippen LogP contribution in [0.25, 0.3) is 0 Å². The van der Waals surface area contributed by atoms with E-state index in [1.165, 1.54) is 12.0 Å². The van der Waals surface area contributed by atoms with E-state index >= 15 is 0 Å². The fourth-order valence-corrected chi connectivity index (χ4v) is 1.90. The van der Waals surface area contributed by atoms with E-state index in [1.807, 2.05) is 26.0 Å². The minimum atomic E-state index is -0.543. The summed E-state index contributed by atoms with van der Waals surface area (Å²) in [5.41, 5.74) is 2.61. The number of nitrogens with zero attached hydrogens (tertiary/aromatic N) is 1. The van der Waals surface area contributed by atoms with Crippen molar-refractivity contribution in [2.45, 2.75) is 20.3 Å². The van der Waals surface area contributed by atoms with Crippen LogP contribution >= 0.6 is 0 Å². The molecule has 5 nitrogen and oxygen atoms in total. The van der Waals surface area contributed by atoms with Gasteiger partial charge in [-0.3, -0.25) is 9.59 Å². The fraction of sp³-hybridized carbons (Fsp3) is 0.429. The van der Waals surface area contributed by atoms with Crippen LogP contribution in [0.15, 0.2) is 12.1 Å². The summed E-state index contributed by atoms with van der Waals surface area (Å²) < 4.78 is 9.76. The minimum absolute atomic E-state index is 0.267. The third kappa shape index (κ3) is 3.47. The Labute approximate surface area is 113 Å². The Morgan fingerprint density at radius 3 is 2.11 bits per heavy atom. The van der Waals surface area contributed by atoms with Crippen LogP contribution < -0.4 is 9.64 Å². The number of carbonyl (C=O) groups is 2. The van der Waals surface area contributed by atoms with Crippen molar-refractivity contribution in [2.75, 3.05) is 26.2 Å². The number of rotatable bonds is 4. The van der Waals surface area contributed by atoms with Gasteiger partial charge < -0.3 is 14.4 Å². The number of hydrogen-bond donors (Lipinski definition) is 0. The van der Waals surface area contributed by atoms with Gasteiger partial charge in [-0.15, -0.1) is 0 Å². The van der Waals surface area contributed by atoms with Crippen molar-refractivity contribution >= 4 is 17.6 Å². The van der Waals surface area contributed by atoms with Crippen LogP contribution in [0.1, 0.15) is 17.5 Å². The summed E-state index contributed by atoms with van der Waals surface area (Å²) in [6.07, 6.45) is -0.267. The Balaban J connectivity index is 2.97. The van der Waals surface area contributed by atoms with Crippen molar-refractivity contribution in [3.8, 4) is 5.75 Å². The highest BCUT2D eigenvalue weighted by molar-refractivity contribution is 6.03. The van der Waals surface area contributed by atoms with Crippen molar-refractivity contribution in [1.82, 2.24) is 0 Å². The Hall–Kier alpha value is -2.04. The van der Waals surface area contributed by atoms with Gasteiger partial charge >= 0.3 is 5.97 Å². The van der Waals surface area contributed by atoms with E-state index in [2.05, 4.69) is 4.74 Å². The predicted molar refractivity (Wildman–Crippen MR) is 72.5 cm³/mol. The van der Waals surface area contributed by atoms with Crippen molar-refractivity contribution in [2.24, 2.45) is 0 Å². The molecule has 1 aromatic rings. The lowest BCUT2D eigenvalue weighted by molar-refractivity contribution is -0.143. The van der Waals surface area contributed by atoms with E-state index in [-0.39, 0.29) is 12.3 Å². The normalized spacial score (nSPS) is 9.95. The number of hydrogen-bond acceptors (Lipinski definition) is 4. The Morgan fingerprint density at radius 2 is 1.68 bits per heavy atom. The summed E-state index contributed by atoms with van der Waals surface area (Å²) in [5, 5.41) is 0. The SMILES string of the molecule is COC(=O)CC(=O)N(C)c1cc(C)c(OC)c(C)c1. The standard InChI is InChI=1S/C14H19NO4/c1-9-6-11(7-10(2)14(9)19-5)15(3)12(16)8-13(17)18-4/h6-7H,8H2,1-5H3. The van der Waals surface area contributed by atoms with Crippen LogP contribution in [0.3, 0.4) is 0 Å². The van der Waals surface area contributed by atoms with Crippen molar-refractivity contribution in [1.29, 1.82) is 0 Å². The van der Waals surface area contributed by atoms with Gasteiger partial charge in [0.25, 0.3) is 0 Å². The maximum atomic E-state index is 11.9. The lowest BCUT2D eigenvalue weighted by Crippen LogP contribution is -2.28. The van der Waals surface area contributed by atoms with E-state index in [9.17, 15) is 9.59 Å². The third-order valence-electron chi connectivity index (χ3n) is 2.93. The molecule has 1 rings (SSSR count). The first-order chi connectivity index (χ1) is 8.90. The Bertz CT molecular complexity index is 473. The van der Waals surface area contributed by atoms with Crippen LogP contribution in [0, 0.1) is 13.8 Å². The molecule has 0 N–H and O–H groups in total. The fourth-order valence-electron chi connectivity index (χ4n) is 1.90. The second-order valence-electron chi connectivity index (χ2n) is 4.32. The van der Waals surface area contributed by atoms with Crippen molar-refractivity contribution < 1.29 is 19.1 Å². The van der Waals surface area contributed by atoms with Gasteiger partial charge in [0.2, 0.25) is 5.91 Å². The molecule has 0 atom stereocenters. The molecule has 1 aromatic carbocycles. The van der Waals surface area contributed by atoms with Gasteiger partial charge in [-0.05, 0) is 37.1 Å².